The molecule has 0 saturated carbocycles. The lowest BCUT2D eigenvalue weighted by molar-refractivity contribution is 0.237. The molecule has 4 aromatic rings. The Bertz CT molecular complexity index is 1490. The molecule has 2 N–H and O–H groups in total. The van der Waals surface area contributed by atoms with Crippen molar-refractivity contribution in [2.24, 2.45) is 0 Å². The van der Waals surface area contributed by atoms with Crippen molar-refractivity contribution >= 4 is 16.1 Å². The molecule has 1 aromatic heterocycles. The number of ether oxygens (including phenoxy) is 2. The van der Waals surface area contributed by atoms with Gasteiger partial charge in [0.2, 0.25) is 0 Å². The van der Waals surface area contributed by atoms with E-state index >= 15 is 0 Å². The molecule has 0 atom stereocenters. The minimum atomic E-state index is -4.31. The number of nitrogens with one attached hydrogen (secondary N) is 2. The average Bonchev–Trinajstić information content (AvgIpc) is 3.38. The molecule has 1 heterocycles. The maximum atomic E-state index is 13.3. The maximum Gasteiger partial charge on any atom is 0.329 e. The van der Waals surface area contributed by atoms with Gasteiger partial charge in [0.1, 0.15) is 27.9 Å². The maximum absolute atomic E-state index is 13.3. The van der Waals surface area contributed by atoms with Crippen LogP contribution in [0.1, 0.15) is 20.8 Å². The number of rotatable bonds is 7. The van der Waals surface area contributed by atoms with Gasteiger partial charge >= 0.3 is 6.03 Å². The Kier molecular flexibility index (Phi) is 7.26. The molecule has 0 unspecified atom stereocenters. The van der Waals surface area contributed by atoms with Gasteiger partial charge in [-0.2, -0.15) is 0 Å². The number of hydrogen-bond donors (Lipinski definition) is 2. The second kappa shape index (κ2) is 10.4. The van der Waals surface area contributed by atoms with E-state index in [1.165, 1.54) is 18.4 Å². The van der Waals surface area contributed by atoms with Crippen molar-refractivity contribution in [2.75, 3.05) is 7.11 Å². The van der Waals surface area contributed by atoms with Gasteiger partial charge in [-0.25, -0.2) is 17.9 Å². The van der Waals surface area contributed by atoms with E-state index in [1.54, 1.807) is 58.2 Å². The summed E-state index contributed by atoms with van der Waals surface area (Å²) >= 11 is 0. The summed E-state index contributed by atoms with van der Waals surface area (Å²) < 4.78 is 45.4. The van der Waals surface area contributed by atoms with Crippen LogP contribution in [0.3, 0.4) is 0 Å². The molecule has 8 nitrogen and oxygen atoms in total. The Hall–Kier alpha value is -4.24. The molecule has 0 saturated heterocycles. The second-order valence-electron chi connectivity index (χ2n) is 9.31. The highest BCUT2D eigenvalue weighted by molar-refractivity contribution is 7.90. The van der Waals surface area contributed by atoms with Crippen LogP contribution in [0, 0.1) is 0 Å². The van der Waals surface area contributed by atoms with Gasteiger partial charge in [-0.1, -0.05) is 24.3 Å². The largest absolute Gasteiger partial charge is 0.497 e. The summed E-state index contributed by atoms with van der Waals surface area (Å²) in [6, 6.07) is 22.0. The van der Waals surface area contributed by atoms with Crippen molar-refractivity contribution in [1.82, 2.24) is 10.0 Å². The quantitative estimate of drug-likeness (QED) is 0.300. The van der Waals surface area contributed by atoms with Crippen molar-refractivity contribution in [2.45, 2.75) is 31.2 Å². The highest BCUT2D eigenvalue weighted by Gasteiger charge is 2.26. The molecule has 0 aliphatic heterocycles. The van der Waals surface area contributed by atoms with Gasteiger partial charge in [0.05, 0.1) is 13.4 Å². The molecule has 4 rings (SSSR count). The Morgan fingerprint density at radius 2 is 1.57 bits per heavy atom. The first-order valence-electron chi connectivity index (χ1n) is 11.5. The smallest absolute Gasteiger partial charge is 0.329 e. The number of sulfonamides is 1. The van der Waals surface area contributed by atoms with E-state index in [0.29, 0.717) is 17.1 Å². The fourth-order valence-electron chi connectivity index (χ4n) is 3.59. The van der Waals surface area contributed by atoms with Gasteiger partial charge in [0.25, 0.3) is 10.0 Å². The van der Waals surface area contributed by atoms with E-state index in [4.69, 9.17) is 13.9 Å². The molecule has 0 bridgehead atoms. The first kappa shape index (κ1) is 25.8. The van der Waals surface area contributed by atoms with E-state index in [-0.39, 0.29) is 10.6 Å². The molecule has 0 spiro atoms. The number of urea groups is 1. The fraction of sp³-hybridized carbons (Fsp3) is 0.179. The third-order valence-electron chi connectivity index (χ3n) is 5.24. The zero-order valence-electron chi connectivity index (χ0n) is 20.9. The lowest BCUT2D eigenvalue weighted by Crippen LogP contribution is -2.48. The first-order chi connectivity index (χ1) is 17.5. The fourth-order valence-corrected chi connectivity index (χ4v) is 4.65. The molecule has 0 aliphatic rings. The molecule has 3 aromatic carbocycles. The Labute approximate surface area is 216 Å². The summed E-state index contributed by atoms with van der Waals surface area (Å²) in [5, 5.41) is 2.59. The predicted octanol–water partition coefficient (Wildman–Crippen LogP) is 6.20. The van der Waals surface area contributed by atoms with Gasteiger partial charge in [0.15, 0.2) is 0 Å². The summed E-state index contributed by atoms with van der Waals surface area (Å²) in [5.41, 5.74) is 1.70. The lowest BCUT2D eigenvalue weighted by atomic mass is 10.1. The average molecular weight is 521 g/mol. The van der Waals surface area contributed by atoms with Crippen molar-refractivity contribution in [3.05, 3.63) is 85.1 Å². The van der Waals surface area contributed by atoms with Crippen LogP contribution in [-0.2, 0) is 10.0 Å². The SMILES string of the molecule is COc1ccc(-c2cccc(Oc3ccc(-c4ccco4)cc3S(=O)(=O)NC(=O)NC(C)(C)C)c2)cc1. The summed E-state index contributed by atoms with van der Waals surface area (Å²) in [4.78, 5) is 12.2. The van der Waals surface area contributed by atoms with E-state index in [2.05, 4.69) is 10.0 Å². The lowest BCUT2D eigenvalue weighted by Gasteiger charge is -2.21. The van der Waals surface area contributed by atoms with E-state index in [9.17, 15) is 13.2 Å². The Balaban J connectivity index is 1.69. The number of benzene rings is 3. The zero-order chi connectivity index (χ0) is 26.6. The molecule has 0 fully saturated rings. The standard InChI is InChI=1S/C28H28N2O6S/c1-28(2,3)29-27(31)30-37(32,33)26-18-21(24-9-6-16-35-24)12-15-25(26)36-23-8-5-7-20(17-23)19-10-13-22(34-4)14-11-19/h5-18H,1-4H3,(H2,29,30,31). The van der Waals surface area contributed by atoms with E-state index in [0.717, 1.165) is 16.9 Å². The van der Waals surface area contributed by atoms with Crippen LogP contribution in [0.25, 0.3) is 22.5 Å². The van der Waals surface area contributed by atoms with Crippen LogP contribution in [0.2, 0.25) is 0 Å². The molecule has 192 valence electrons. The van der Waals surface area contributed by atoms with Gasteiger partial charge in [-0.3, -0.25) is 0 Å². The molecule has 37 heavy (non-hydrogen) atoms. The predicted molar refractivity (Wildman–Crippen MR) is 141 cm³/mol. The number of amides is 2. The summed E-state index contributed by atoms with van der Waals surface area (Å²) in [6.45, 7) is 5.25. The topological polar surface area (TPSA) is 107 Å². The van der Waals surface area contributed by atoms with Gasteiger partial charge in [0, 0.05) is 11.1 Å². The van der Waals surface area contributed by atoms with Crippen molar-refractivity contribution in [1.29, 1.82) is 0 Å². The van der Waals surface area contributed by atoms with Crippen molar-refractivity contribution < 1.29 is 27.1 Å². The van der Waals surface area contributed by atoms with E-state index in [1.807, 2.05) is 36.4 Å². The zero-order valence-corrected chi connectivity index (χ0v) is 21.8. The van der Waals surface area contributed by atoms with Gasteiger partial charge in [-0.15, -0.1) is 0 Å². The normalized spacial score (nSPS) is 11.6. The van der Waals surface area contributed by atoms with Gasteiger partial charge in [-0.05, 0) is 86.5 Å². The van der Waals surface area contributed by atoms with Crippen LogP contribution < -0.4 is 19.5 Å². The molecule has 0 radical (unpaired) electrons. The van der Waals surface area contributed by atoms with Crippen LogP contribution in [0.15, 0.2) is 94.4 Å². The minimum Gasteiger partial charge on any atom is -0.497 e. The van der Waals surface area contributed by atoms with Gasteiger partial charge < -0.3 is 19.2 Å². The van der Waals surface area contributed by atoms with Crippen LogP contribution in [0.5, 0.6) is 17.2 Å². The summed E-state index contributed by atoms with van der Waals surface area (Å²) in [6.07, 6.45) is 1.49. The third kappa shape index (κ3) is 6.50. The molecular formula is C28H28N2O6S. The Morgan fingerprint density at radius 3 is 2.22 bits per heavy atom. The van der Waals surface area contributed by atoms with E-state index < -0.39 is 21.6 Å². The molecule has 9 heteroatoms. The number of carbonyl (C=O) groups is 1. The number of furan rings is 1. The van der Waals surface area contributed by atoms with Crippen LogP contribution in [0.4, 0.5) is 4.79 Å². The van der Waals surface area contributed by atoms with Crippen LogP contribution >= 0.6 is 0 Å². The molecule has 0 aliphatic carbocycles. The number of hydrogen-bond acceptors (Lipinski definition) is 6. The highest BCUT2D eigenvalue weighted by Crippen LogP contribution is 2.35. The second-order valence-corrected chi connectivity index (χ2v) is 11.0. The minimum absolute atomic E-state index is 0.0539. The van der Waals surface area contributed by atoms with Crippen LogP contribution in [-0.4, -0.2) is 27.1 Å². The third-order valence-corrected chi connectivity index (χ3v) is 6.59. The number of methoxy groups -OCH3 is 1. The Morgan fingerprint density at radius 1 is 0.838 bits per heavy atom. The summed E-state index contributed by atoms with van der Waals surface area (Å²) in [7, 11) is -2.70. The first-order valence-corrected chi connectivity index (χ1v) is 13.0. The van der Waals surface area contributed by atoms with Crippen molar-refractivity contribution in [3.63, 3.8) is 0 Å². The summed E-state index contributed by atoms with van der Waals surface area (Å²) in [5.74, 6) is 1.70. The number of carbonyl (C=O) groups excluding carboxylic acids is 1. The van der Waals surface area contributed by atoms with Crippen molar-refractivity contribution in [3.8, 4) is 39.7 Å². The monoisotopic (exact) mass is 520 g/mol. The highest BCUT2D eigenvalue weighted by atomic mass is 32.2. The molecule has 2 amide bonds. The molecular weight excluding hydrogens is 492 g/mol.